The molecule has 6 heterocycles. The summed E-state index contributed by atoms with van der Waals surface area (Å²) >= 11 is 0. The van der Waals surface area contributed by atoms with E-state index in [1.807, 2.05) is 60.7 Å². The first-order chi connectivity index (χ1) is 27.8. The fourth-order valence-electron chi connectivity index (χ4n) is 8.34. The van der Waals surface area contributed by atoms with Gasteiger partial charge < -0.3 is 0 Å². The predicted molar refractivity (Wildman–Crippen MR) is 224 cm³/mol. The molecule has 0 saturated carbocycles. The summed E-state index contributed by atoms with van der Waals surface area (Å²) in [6.45, 7) is 0. The first-order valence-corrected chi connectivity index (χ1v) is 18.3. The second-order valence-corrected chi connectivity index (χ2v) is 13.9. The van der Waals surface area contributed by atoms with Crippen LogP contribution in [-0.4, -0.2) is 57.9 Å². The van der Waals surface area contributed by atoms with Gasteiger partial charge in [-0.2, -0.15) is 0 Å². The van der Waals surface area contributed by atoms with E-state index in [9.17, 15) is 0 Å². The van der Waals surface area contributed by atoms with Crippen molar-refractivity contribution < 1.29 is 0 Å². The zero-order valence-corrected chi connectivity index (χ0v) is 29.4. The van der Waals surface area contributed by atoms with Gasteiger partial charge in [-0.05, 0) is 84.9 Å². The standard InChI is InChI=1S/C44H26N12.CH4/c1-2-14-28-27(13-1)47-55(48-28)41-25-39(53-37-23-11-9-21-35(37)51-33-19-7-5-17-31(33)45-43(51)53)40(26-42(41)56-49-29-15-3-4-16-30(29)50-56)54-38-24-12-10-22-36(38)52-34-20-8-6-18-32(34)46-44(52)54;/h1-26H;1H4. The lowest BCUT2D eigenvalue weighted by Crippen LogP contribution is -2.13. The molecule has 0 aliphatic heterocycles. The van der Waals surface area contributed by atoms with E-state index < -0.39 is 0 Å². The smallest absolute Gasteiger partial charge is 0.220 e. The number of para-hydroxylation sites is 8. The molecule has 7 aromatic carbocycles. The molecule has 0 unspecified atom stereocenters. The van der Waals surface area contributed by atoms with Crippen LogP contribution in [0.3, 0.4) is 0 Å². The Bertz CT molecular complexity index is 3430. The summed E-state index contributed by atoms with van der Waals surface area (Å²) in [6.07, 6.45) is 0. The van der Waals surface area contributed by atoms with Crippen LogP contribution in [0, 0.1) is 0 Å². The number of aromatic nitrogens is 12. The minimum absolute atomic E-state index is 0. The van der Waals surface area contributed by atoms with E-state index in [1.165, 1.54) is 0 Å². The lowest BCUT2D eigenvalue weighted by molar-refractivity contribution is 0.715. The Balaban J connectivity index is 0.00000356. The fraction of sp³-hybridized carbons (Fsp3) is 0.0222. The van der Waals surface area contributed by atoms with Crippen LogP contribution >= 0.6 is 0 Å². The van der Waals surface area contributed by atoms with Crippen LogP contribution in [0.25, 0.3) is 101 Å². The number of fused-ring (bicyclic) bond motifs is 12. The quantitative estimate of drug-likeness (QED) is 0.178. The molecule has 12 nitrogen and oxygen atoms in total. The van der Waals surface area contributed by atoms with Crippen molar-refractivity contribution in [1.29, 1.82) is 0 Å². The topological polar surface area (TPSA) is 106 Å². The molecule has 0 saturated heterocycles. The normalized spacial score (nSPS) is 12.1. The number of benzene rings is 7. The van der Waals surface area contributed by atoms with Gasteiger partial charge in [0.25, 0.3) is 0 Å². The van der Waals surface area contributed by atoms with Gasteiger partial charge in [-0.15, -0.1) is 30.0 Å². The Morgan fingerprint density at radius 2 is 0.596 bits per heavy atom. The second-order valence-electron chi connectivity index (χ2n) is 13.9. The monoisotopic (exact) mass is 738 g/mol. The van der Waals surface area contributed by atoms with Gasteiger partial charge in [0.15, 0.2) is 0 Å². The maximum absolute atomic E-state index is 5.29. The van der Waals surface area contributed by atoms with Gasteiger partial charge in [-0.25, -0.2) is 9.97 Å². The van der Waals surface area contributed by atoms with E-state index in [-0.39, 0.29) is 7.43 Å². The average Bonchev–Trinajstić information content (AvgIpc) is 4.09. The van der Waals surface area contributed by atoms with Crippen LogP contribution in [0.15, 0.2) is 158 Å². The molecule has 13 aromatic rings. The molecular weight excluding hydrogens is 709 g/mol. The summed E-state index contributed by atoms with van der Waals surface area (Å²) < 4.78 is 8.94. The highest BCUT2D eigenvalue weighted by molar-refractivity contribution is 5.96. The fourth-order valence-corrected chi connectivity index (χ4v) is 8.34. The highest BCUT2D eigenvalue weighted by Crippen LogP contribution is 2.38. The number of hydrogen-bond donors (Lipinski definition) is 0. The molecule has 0 amide bonds. The van der Waals surface area contributed by atoms with E-state index in [1.54, 1.807) is 9.59 Å². The molecule has 0 N–H and O–H groups in total. The van der Waals surface area contributed by atoms with Crippen molar-refractivity contribution in [2.75, 3.05) is 0 Å². The summed E-state index contributed by atoms with van der Waals surface area (Å²) in [5.74, 6) is 1.55. The highest BCUT2D eigenvalue weighted by Gasteiger charge is 2.27. The molecule has 0 aliphatic carbocycles. The van der Waals surface area contributed by atoms with E-state index in [0.717, 1.165) is 89.1 Å². The first kappa shape index (κ1) is 31.3. The molecule has 0 bridgehead atoms. The molecular formula is C45H30N12. The van der Waals surface area contributed by atoms with Gasteiger partial charge in [0.1, 0.15) is 33.4 Å². The van der Waals surface area contributed by atoms with Crippen molar-refractivity contribution in [1.82, 2.24) is 57.9 Å². The number of rotatable bonds is 4. The molecule has 0 radical (unpaired) electrons. The van der Waals surface area contributed by atoms with Crippen molar-refractivity contribution in [3.63, 3.8) is 0 Å². The van der Waals surface area contributed by atoms with Gasteiger partial charge in [-0.1, -0.05) is 80.2 Å². The SMILES string of the molecule is C.c1ccc2nn(-c3cc(-n4c5ccccc5n5c6ccccc6nc45)c(-n4c5ccccc5n5c6ccccc6nc45)cc3-n3nc4ccccc4n3)nc2c1. The van der Waals surface area contributed by atoms with Crippen molar-refractivity contribution >= 4 is 77.8 Å². The molecule has 12 heteroatoms. The van der Waals surface area contributed by atoms with E-state index >= 15 is 0 Å². The first-order valence-electron chi connectivity index (χ1n) is 18.3. The van der Waals surface area contributed by atoms with Gasteiger partial charge in [0.05, 0.1) is 55.5 Å². The van der Waals surface area contributed by atoms with Crippen molar-refractivity contribution in [3.8, 4) is 22.7 Å². The Kier molecular flexibility index (Phi) is 6.28. The number of hydrogen-bond acceptors (Lipinski definition) is 6. The Morgan fingerprint density at radius 1 is 0.298 bits per heavy atom. The zero-order valence-electron chi connectivity index (χ0n) is 29.4. The van der Waals surface area contributed by atoms with Gasteiger partial charge >= 0.3 is 0 Å². The Hall–Kier alpha value is -8.12. The summed E-state index contributed by atoms with van der Waals surface area (Å²) in [5.41, 5.74) is 14.1. The number of imidazole rings is 4. The third-order valence-corrected chi connectivity index (χ3v) is 10.8. The van der Waals surface area contributed by atoms with Crippen LogP contribution in [-0.2, 0) is 0 Å². The molecule has 13 rings (SSSR count). The minimum Gasteiger partial charge on any atom is -0.276 e. The number of nitrogens with zero attached hydrogens (tertiary/aromatic N) is 12. The third kappa shape index (κ3) is 4.26. The molecule has 0 atom stereocenters. The minimum atomic E-state index is 0. The highest BCUT2D eigenvalue weighted by atomic mass is 15.5. The van der Waals surface area contributed by atoms with E-state index in [4.69, 9.17) is 30.4 Å². The lowest BCUT2D eigenvalue weighted by Gasteiger charge is -2.18. The summed E-state index contributed by atoms with van der Waals surface area (Å²) in [4.78, 5) is 14.0. The van der Waals surface area contributed by atoms with E-state index in [2.05, 4.69) is 115 Å². The zero-order chi connectivity index (χ0) is 36.5. The van der Waals surface area contributed by atoms with Crippen LogP contribution in [0.4, 0.5) is 0 Å². The van der Waals surface area contributed by atoms with Crippen molar-refractivity contribution in [2.45, 2.75) is 7.43 Å². The Labute approximate surface area is 322 Å². The molecule has 0 fully saturated rings. The average molecular weight is 739 g/mol. The maximum atomic E-state index is 5.29. The third-order valence-electron chi connectivity index (χ3n) is 10.8. The summed E-state index contributed by atoms with van der Waals surface area (Å²) in [6, 6.07) is 53.4. The van der Waals surface area contributed by atoms with Gasteiger partial charge in [0, 0.05) is 0 Å². The summed E-state index contributed by atoms with van der Waals surface area (Å²) in [7, 11) is 0. The van der Waals surface area contributed by atoms with Gasteiger partial charge in [-0.3, -0.25) is 17.9 Å². The maximum Gasteiger partial charge on any atom is 0.220 e. The molecule has 0 spiro atoms. The molecule has 57 heavy (non-hydrogen) atoms. The van der Waals surface area contributed by atoms with Crippen LogP contribution in [0.2, 0.25) is 0 Å². The molecule has 270 valence electrons. The predicted octanol–water partition coefficient (Wildman–Crippen LogP) is 9.28. The Morgan fingerprint density at radius 3 is 0.965 bits per heavy atom. The largest absolute Gasteiger partial charge is 0.276 e. The van der Waals surface area contributed by atoms with Crippen LogP contribution < -0.4 is 0 Å². The molecule has 6 aromatic heterocycles. The van der Waals surface area contributed by atoms with Gasteiger partial charge in [0.2, 0.25) is 11.6 Å². The van der Waals surface area contributed by atoms with E-state index in [0.29, 0.717) is 11.4 Å². The van der Waals surface area contributed by atoms with Crippen LogP contribution in [0.1, 0.15) is 7.43 Å². The van der Waals surface area contributed by atoms with Crippen LogP contribution in [0.5, 0.6) is 0 Å². The summed E-state index contributed by atoms with van der Waals surface area (Å²) in [5, 5.41) is 20.0. The van der Waals surface area contributed by atoms with Crippen molar-refractivity contribution in [2.24, 2.45) is 0 Å². The second kappa shape index (κ2) is 11.4. The molecule has 0 aliphatic rings. The lowest BCUT2D eigenvalue weighted by atomic mass is 10.1. The van der Waals surface area contributed by atoms with Crippen molar-refractivity contribution in [3.05, 3.63) is 158 Å².